The van der Waals surface area contributed by atoms with Gasteiger partial charge in [-0.1, -0.05) is 47.6 Å². The number of para-hydroxylation sites is 1. The van der Waals surface area contributed by atoms with E-state index in [1.165, 1.54) is 0 Å². The lowest BCUT2D eigenvalue weighted by Gasteiger charge is -2.17. The summed E-state index contributed by atoms with van der Waals surface area (Å²) in [4.78, 5) is 6.69. The Morgan fingerprint density at radius 1 is 1.04 bits per heavy atom. The minimum atomic E-state index is 0.326. The number of methoxy groups -OCH3 is 2. The summed E-state index contributed by atoms with van der Waals surface area (Å²) in [5, 5.41) is 4.12. The van der Waals surface area contributed by atoms with Gasteiger partial charge in [-0.2, -0.15) is 4.98 Å². The Kier molecular flexibility index (Phi) is 4.48. The van der Waals surface area contributed by atoms with Gasteiger partial charge in [-0.3, -0.25) is 0 Å². The van der Waals surface area contributed by atoms with Crippen LogP contribution in [-0.4, -0.2) is 37.4 Å². The summed E-state index contributed by atoms with van der Waals surface area (Å²) in [5.74, 6) is 2.50. The van der Waals surface area contributed by atoms with Crippen molar-refractivity contribution < 1.29 is 14.0 Å². The van der Waals surface area contributed by atoms with Gasteiger partial charge in [0.25, 0.3) is 0 Å². The highest BCUT2D eigenvalue weighted by Crippen LogP contribution is 2.40. The summed E-state index contributed by atoms with van der Waals surface area (Å²) in [5.41, 5.74) is 2.10. The third kappa shape index (κ3) is 2.98. The lowest BCUT2D eigenvalue weighted by molar-refractivity contribution is 0.350. The van der Waals surface area contributed by atoms with Gasteiger partial charge in [0.15, 0.2) is 11.5 Å². The minimum Gasteiger partial charge on any atom is -0.493 e. The van der Waals surface area contributed by atoms with Crippen LogP contribution >= 0.6 is 0 Å². The van der Waals surface area contributed by atoms with Crippen molar-refractivity contribution in [2.24, 2.45) is 0 Å². The molecule has 0 aliphatic carbocycles. The molecule has 1 aromatic heterocycles. The predicted octanol–water partition coefficient (Wildman–Crippen LogP) is 3.75. The van der Waals surface area contributed by atoms with Gasteiger partial charge < -0.3 is 18.9 Å². The number of hydrogen-bond donors (Lipinski definition) is 0. The fourth-order valence-electron chi connectivity index (χ4n) is 3.47. The van der Waals surface area contributed by atoms with Crippen molar-refractivity contribution >= 4 is 6.01 Å². The van der Waals surface area contributed by atoms with Crippen molar-refractivity contribution in [3.63, 3.8) is 0 Å². The first-order valence-electron chi connectivity index (χ1n) is 8.65. The van der Waals surface area contributed by atoms with Crippen LogP contribution in [0, 0.1) is 0 Å². The molecule has 1 aliphatic heterocycles. The molecular weight excluding hydrogens is 330 g/mol. The summed E-state index contributed by atoms with van der Waals surface area (Å²) < 4.78 is 16.5. The van der Waals surface area contributed by atoms with Crippen molar-refractivity contribution in [2.75, 3.05) is 32.2 Å². The van der Waals surface area contributed by atoms with Gasteiger partial charge in [-0.25, -0.2) is 0 Å². The Bertz CT molecular complexity index is 879. The quantitative estimate of drug-likeness (QED) is 0.698. The Balaban J connectivity index is 1.54. The van der Waals surface area contributed by atoms with Crippen molar-refractivity contribution in [3.05, 3.63) is 54.1 Å². The number of benzene rings is 2. The summed E-state index contributed by atoms with van der Waals surface area (Å²) in [6, 6.07) is 16.4. The van der Waals surface area contributed by atoms with Crippen LogP contribution in [0.2, 0.25) is 0 Å². The zero-order valence-electron chi connectivity index (χ0n) is 14.9. The van der Waals surface area contributed by atoms with E-state index >= 15 is 0 Å². The maximum atomic E-state index is 5.59. The smallest absolute Gasteiger partial charge is 0.324 e. The summed E-state index contributed by atoms with van der Waals surface area (Å²) in [6.45, 7) is 1.67. The standard InChI is InChI=1S/C20H21N3O3/c1-24-17-10-6-9-16(18(17)25-2)15-11-12-23(13-15)20-21-19(22-26-20)14-7-4-3-5-8-14/h3-10,15H,11-13H2,1-2H3. The number of hydrogen-bond acceptors (Lipinski definition) is 6. The van der Waals surface area contributed by atoms with E-state index in [4.69, 9.17) is 14.0 Å². The molecule has 1 atom stereocenters. The molecule has 0 amide bonds. The maximum absolute atomic E-state index is 5.59. The van der Waals surface area contributed by atoms with Gasteiger partial charge in [-0.15, -0.1) is 0 Å². The maximum Gasteiger partial charge on any atom is 0.324 e. The van der Waals surface area contributed by atoms with E-state index in [0.717, 1.165) is 42.1 Å². The number of rotatable bonds is 5. The van der Waals surface area contributed by atoms with Crippen LogP contribution < -0.4 is 14.4 Å². The molecule has 134 valence electrons. The topological polar surface area (TPSA) is 60.6 Å². The van der Waals surface area contributed by atoms with E-state index in [-0.39, 0.29) is 0 Å². The monoisotopic (exact) mass is 351 g/mol. The molecule has 0 N–H and O–H groups in total. The molecule has 4 rings (SSSR count). The molecule has 0 spiro atoms. The Hall–Kier alpha value is -3.02. The molecule has 0 bridgehead atoms. The van der Waals surface area contributed by atoms with Gasteiger partial charge in [-0.05, 0) is 12.5 Å². The first-order chi connectivity index (χ1) is 12.8. The summed E-state index contributed by atoms with van der Waals surface area (Å²) >= 11 is 0. The molecule has 3 aromatic rings. The van der Waals surface area contributed by atoms with Crippen molar-refractivity contribution in [1.29, 1.82) is 0 Å². The van der Waals surface area contributed by atoms with E-state index in [1.807, 2.05) is 42.5 Å². The summed E-state index contributed by atoms with van der Waals surface area (Å²) in [6.07, 6.45) is 0.993. The van der Waals surface area contributed by atoms with Gasteiger partial charge in [0.2, 0.25) is 5.82 Å². The molecule has 2 heterocycles. The van der Waals surface area contributed by atoms with E-state index in [0.29, 0.717) is 17.8 Å². The Labute approximate surface area is 152 Å². The molecule has 6 nitrogen and oxygen atoms in total. The second kappa shape index (κ2) is 7.07. The molecule has 2 aromatic carbocycles. The number of nitrogens with zero attached hydrogens (tertiary/aromatic N) is 3. The minimum absolute atomic E-state index is 0.326. The van der Waals surface area contributed by atoms with E-state index in [2.05, 4.69) is 21.1 Å². The molecule has 1 saturated heterocycles. The second-order valence-electron chi connectivity index (χ2n) is 6.28. The fourth-order valence-corrected chi connectivity index (χ4v) is 3.47. The highest BCUT2D eigenvalue weighted by atomic mass is 16.5. The van der Waals surface area contributed by atoms with Crippen LogP contribution in [0.4, 0.5) is 6.01 Å². The third-order valence-corrected chi connectivity index (χ3v) is 4.78. The zero-order valence-corrected chi connectivity index (χ0v) is 14.9. The van der Waals surface area contributed by atoms with Crippen LogP contribution in [0.3, 0.4) is 0 Å². The lowest BCUT2D eigenvalue weighted by Crippen LogP contribution is -2.19. The van der Waals surface area contributed by atoms with Crippen LogP contribution in [0.15, 0.2) is 53.1 Å². The largest absolute Gasteiger partial charge is 0.493 e. The molecule has 6 heteroatoms. The van der Waals surface area contributed by atoms with Gasteiger partial charge >= 0.3 is 6.01 Å². The van der Waals surface area contributed by atoms with E-state index in [1.54, 1.807) is 14.2 Å². The average molecular weight is 351 g/mol. The normalized spacial score (nSPS) is 16.7. The molecule has 0 saturated carbocycles. The van der Waals surface area contributed by atoms with Gasteiger partial charge in [0.1, 0.15) is 0 Å². The van der Waals surface area contributed by atoms with E-state index < -0.39 is 0 Å². The van der Waals surface area contributed by atoms with Crippen LogP contribution in [-0.2, 0) is 0 Å². The van der Waals surface area contributed by atoms with Gasteiger partial charge in [0, 0.05) is 30.1 Å². The fraction of sp³-hybridized carbons (Fsp3) is 0.300. The first kappa shape index (κ1) is 16.4. The van der Waals surface area contributed by atoms with Crippen molar-refractivity contribution in [3.8, 4) is 22.9 Å². The highest BCUT2D eigenvalue weighted by Gasteiger charge is 2.30. The third-order valence-electron chi connectivity index (χ3n) is 4.78. The van der Waals surface area contributed by atoms with E-state index in [9.17, 15) is 0 Å². The SMILES string of the molecule is COc1cccc(C2CCN(c3nc(-c4ccccc4)no3)C2)c1OC. The Morgan fingerprint density at radius 3 is 2.65 bits per heavy atom. The molecule has 26 heavy (non-hydrogen) atoms. The molecular formula is C20H21N3O3. The highest BCUT2D eigenvalue weighted by molar-refractivity contribution is 5.55. The molecule has 1 fully saturated rings. The molecule has 1 unspecified atom stereocenters. The number of ether oxygens (including phenoxy) is 2. The zero-order chi connectivity index (χ0) is 17.9. The van der Waals surface area contributed by atoms with Gasteiger partial charge in [0.05, 0.1) is 14.2 Å². The first-order valence-corrected chi connectivity index (χ1v) is 8.65. The summed E-state index contributed by atoms with van der Waals surface area (Å²) in [7, 11) is 3.34. The van der Waals surface area contributed by atoms with Crippen molar-refractivity contribution in [1.82, 2.24) is 10.1 Å². The number of aromatic nitrogens is 2. The average Bonchev–Trinajstić information content (AvgIpc) is 3.37. The van der Waals surface area contributed by atoms with Crippen molar-refractivity contribution in [2.45, 2.75) is 12.3 Å². The molecule has 0 radical (unpaired) electrons. The van der Waals surface area contributed by atoms with Crippen LogP contribution in [0.25, 0.3) is 11.4 Å². The number of anilines is 1. The van der Waals surface area contributed by atoms with Crippen LogP contribution in [0.5, 0.6) is 11.5 Å². The van der Waals surface area contributed by atoms with Crippen LogP contribution in [0.1, 0.15) is 17.9 Å². The Morgan fingerprint density at radius 2 is 1.88 bits per heavy atom. The lowest BCUT2D eigenvalue weighted by atomic mass is 9.97. The predicted molar refractivity (Wildman–Crippen MR) is 98.9 cm³/mol. The molecule has 1 aliphatic rings. The second-order valence-corrected chi connectivity index (χ2v) is 6.28.